The van der Waals surface area contributed by atoms with Crippen molar-refractivity contribution in [2.45, 2.75) is 6.42 Å². The number of fused-ring (bicyclic) bond motifs is 1. The van der Waals surface area contributed by atoms with Crippen LogP contribution in [0.3, 0.4) is 0 Å². The third kappa shape index (κ3) is 2.73. The molecule has 0 radical (unpaired) electrons. The van der Waals surface area contributed by atoms with E-state index in [0.29, 0.717) is 16.6 Å². The number of nitrogens with zero attached hydrogens (tertiary/aromatic N) is 1. The molecule has 0 spiro atoms. The zero-order valence-electron chi connectivity index (χ0n) is 13.4. The summed E-state index contributed by atoms with van der Waals surface area (Å²) in [5, 5.41) is 0. The van der Waals surface area contributed by atoms with Crippen LogP contribution in [0.4, 0.5) is 17.6 Å². The Morgan fingerprint density at radius 2 is 1.31 bits per heavy atom. The lowest BCUT2D eigenvalue weighted by Crippen LogP contribution is -1.97. The van der Waals surface area contributed by atoms with Crippen molar-refractivity contribution in [2.24, 2.45) is 0 Å². The first-order chi connectivity index (χ1) is 12.5. The third-order valence-corrected chi connectivity index (χ3v) is 4.22. The lowest BCUT2D eigenvalue weighted by Gasteiger charge is -2.05. The van der Waals surface area contributed by atoms with Crippen molar-refractivity contribution in [3.63, 3.8) is 0 Å². The number of imidazole rings is 1. The molecule has 0 saturated carbocycles. The summed E-state index contributed by atoms with van der Waals surface area (Å²) in [5.41, 5.74) is 1.13. The molecule has 0 fully saturated rings. The summed E-state index contributed by atoms with van der Waals surface area (Å²) in [6.07, 6.45) is -0.0279. The minimum Gasteiger partial charge on any atom is -0.338 e. The maximum Gasteiger partial charge on any atom is 0.144 e. The average Bonchev–Trinajstić information content (AvgIpc) is 3.02. The number of para-hydroxylation sites is 1. The smallest absolute Gasteiger partial charge is 0.144 e. The zero-order valence-corrected chi connectivity index (χ0v) is 13.4. The van der Waals surface area contributed by atoms with E-state index in [2.05, 4.69) is 9.97 Å². The zero-order chi connectivity index (χ0) is 18.3. The van der Waals surface area contributed by atoms with Gasteiger partial charge in [0.2, 0.25) is 0 Å². The van der Waals surface area contributed by atoms with E-state index < -0.39 is 23.3 Å². The molecular formula is C20H12F4N2. The van der Waals surface area contributed by atoms with Gasteiger partial charge < -0.3 is 4.98 Å². The van der Waals surface area contributed by atoms with Crippen LogP contribution in [0.15, 0.2) is 54.6 Å². The van der Waals surface area contributed by atoms with Crippen LogP contribution < -0.4 is 0 Å². The minimum absolute atomic E-state index is 0.0251. The number of hydrogen-bond acceptors (Lipinski definition) is 1. The summed E-state index contributed by atoms with van der Waals surface area (Å²) in [7, 11) is 0. The summed E-state index contributed by atoms with van der Waals surface area (Å²) in [6, 6.07) is 12.3. The van der Waals surface area contributed by atoms with Crippen molar-refractivity contribution in [1.29, 1.82) is 0 Å². The van der Waals surface area contributed by atoms with Gasteiger partial charge in [-0.1, -0.05) is 24.3 Å². The molecule has 4 aromatic rings. The van der Waals surface area contributed by atoms with Crippen LogP contribution in [-0.2, 0) is 6.42 Å². The van der Waals surface area contributed by atoms with Gasteiger partial charge in [-0.3, -0.25) is 0 Å². The Balaban J connectivity index is 1.85. The highest BCUT2D eigenvalue weighted by Crippen LogP contribution is 2.28. The summed E-state index contributed by atoms with van der Waals surface area (Å²) in [6.45, 7) is 0. The van der Waals surface area contributed by atoms with Crippen molar-refractivity contribution in [1.82, 2.24) is 9.97 Å². The maximum absolute atomic E-state index is 14.0. The Bertz CT molecular complexity index is 1080. The van der Waals surface area contributed by atoms with E-state index in [9.17, 15) is 17.6 Å². The normalized spacial score (nSPS) is 11.2. The van der Waals surface area contributed by atoms with Crippen molar-refractivity contribution in [3.05, 3.63) is 89.0 Å². The molecule has 4 rings (SSSR count). The highest BCUT2D eigenvalue weighted by molar-refractivity contribution is 5.83. The Morgan fingerprint density at radius 1 is 0.731 bits per heavy atom. The molecule has 0 saturated heterocycles. The summed E-state index contributed by atoms with van der Waals surface area (Å²) < 4.78 is 55.9. The van der Waals surface area contributed by atoms with E-state index in [1.165, 1.54) is 24.3 Å². The van der Waals surface area contributed by atoms with E-state index in [1.807, 2.05) is 0 Å². The van der Waals surface area contributed by atoms with Crippen LogP contribution >= 0.6 is 0 Å². The SMILES string of the molecule is Fc1cccc(F)c1Cc1cccc2[nH]c(-c3c(F)cccc3F)nc12. The van der Waals surface area contributed by atoms with Gasteiger partial charge in [0.15, 0.2) is 0 Å². The maximum atomic E-state index is 14.0. The van der Waals surface area contributed by atoms with Crippen molar-refractivity contribution < 1.29 is 17.6 Å². The molecule has 130 valence electrons. The van der Waals surface area contributed by atoms with Crippen LogP contribution in [0.5, 0.6) is 0 Å². The molecule has 0 aliphatic heterocycles. The molecule has 6 heteroatoms. The van der Waals surface area contributed by atoms with Crippen LogP contribution in [0.25, 0.3) is 22.4 Å². The van der Waals surface area contributed by atoms with Gasteiger partial charge in [-0.25, -0.2) is 22.5 Å². The largest absolute Gasteiger partial charge is 0.338 e. The second-order valence-corrected chi connectivity index (χ2v) is 5.87. The lowest BCUT2D eigenvalue weighted by atomic mass is 10.0. The fraction of sp³-hybridized carbons (Fsp3) is 0.0500. The summed E-state index contributed by atoms with van der Waals surface area (Å²) in [4.78, 5) is 7.15. The lowest BCUT2D eigenvalue weighted by molar-refractivity contribution is 0.561. The Hall–Kier alpha value is -3.15. The number of aromatic amines is 1. The van der Waals surface area contributed by atoms with Gasteiger partial charge in [0.05, 0.1) is 16.6 Å². The van der Waals surface area contributed by atoms with Crippen molar-refractivity contribution >= 4 is 11.0 Å². The van der Waals surface area contributed by atoms with Gasteiger partial charge in [0, 0.05) is 12.0 Å². The minimum atomic E-state index is -0.745. The van der Waals surface area contributed by atoms with Crippen LogP contribution in [0.1, 0.15) is 11.1 Å². The quantitative estimate of drug-likeness (QED) is 0.491. The second-order valence-electron chi connectivity index (χ2n) is 5.87. The molecule has 0 atom stereocenters. The highest BCUT2D eigenvalue weighted by Gasteiger charge is 2.17. The standard InChI is InChI=1S/C20H12F4N2/c21-13-5-2-6-14(22)12(13)10-11-4-1-9-17-19(11)26-20(25-17)18-15(23)7-3-8-16(18)24/h1-9H,10H2,(H,25,26). The van der Waals surface area contributed by atoms with Gasteiger partial charge >= 0.3 is 0 Å². The van der Waals surface area contributed by atoms with Gasteiger partial charge in [-0.2, -0.15) is 0 Å². The molecule has 1 N–H and O–H groups in total. The fourth-order valence-electron chi connectivity index (χ4n) is 2.97. The molecule has 0 aliphatic rings. The van der Waals surface area contributed by atoms with E-state index in [4.69, 9.17) is 0 Å². The number of halogens is 4. The van der Waals surface area contributed by atoms with Gasteiger partial charge in [-0.05, 0) is 35.9 Å². The van der Waals surface area contributed by atoms with Gasteiger partial charge in [0.25, 0.3) is 0 Å². The molecule has 3 aromatic carbocycles. The Kier molecular flexibility index (Phi) is 3.95. The van der Waals surface area contributed by atoms with Crippen molar-refractivity contribution in [2.75, 3.05) is 0 Å². The molecule has 1 heterocycles. The first kappa shape index (κ1) is 16.3. The first-order valence-corrected chi connectivity index (χ1v) is 7.89. The van der Waals surface area contributed by atoms with Crippen LogP contribution in [0, 0.1) is 23.3 Å². The van der Waals surface area contributed by atoms with E-state index >= 15 is 0 Å². The molecular weight excluding hydrogens is 344 g/mol. The average molecular weight is 356 g/mol. The first-order valence-electron chi connectivity index (χ1n) is 7.89. The molecule has 0 bridgehead atoms. The van der Waals surface area contributed by atoms with Gasteiger partial charge in [-0.15, -0.1) is 0 Å². The number of rotatable bonds is 3. The summed E-state index contributed by atoms with van der Waals surface area (Å²) >= 11 is 0. The Labute approximate surface area is 146 Å². The van der Waals surface area contributed by atoms with E-state index in [-0.39, 0.29) is 23.4 Å². The van der Waals surface area contributed by atoms with Crippen molar-refractivity contribution in [3.8, 4) is 11.4 Å². The summed E-state index contributed by atoms with van der Waals surface area (Å²) in [5.74, 6) is -2.77. The topological polar surface area (TPSA) is 28.7 Å². The van der Waals surface area contributed by atoms with E-state index in [0.717, 1.165) is 12.1 Å². The van der Waals surface area contributed by atoms with Crippen LogP contribution in [0.2, 0.25) is 0 Å². The monoisotopic (exact) mass is 356 g/mol. The van der Waals surface area contributed by atoms with Gasteiger partial charge in [0.1, 0.15) is 29.1 Å². The number of aromatic nitrogens is 2. The predicted octanol–water partition coefficient (Wildman–Crippen LogP) is 5.38. The highest BCUT2D eigenvalue weighted by atomic mass is 19.1. The third-order valence-electron chi connectivity index (χ3n) is 4.22. The molecule has 1 aromatic heterocycles. The molecule has 2 nitrogen and oxygen atoms in total. The van der Waals surface area contributed by atoms with Crippen LogP contribution in [-0.4, -0.2) is 9.97 Å². The number of hydrogen-bond donors (Lipinski definition) is 1. The fourth-order valence-corrected chi connectivity index (χ4v) is 2.97. The molecule has 0 unspecified atom stereocenters. The number of nitrogens with one attached hydrogen (secondary N) is 1. The predicted molar refractivity (Wildman–Crippen MR) is 90.6 cm³/mol. The molecule has 0 aliphatic carbocycles. The Morgan fingerprint density at radius 3 is 1.96 bits per heavy atom. The number of H-pyrrole nitrogens is 1. The molecule has 0 amide bonds. The second kappa shape index (κ2) is 6.29. The number of benzene rings is 3. The van der Waals surface area contributed by atoms with E-state index in [1.54, 1.807) is 18.2 Å². The molecule has 26 heavy (non-hydrogen) atoms.